The van der Waals surface area contributed by atoms with Crippen LogP contribution in [0.5, 0.6) is 5.75 Å². The molecule has 0 heterocycles. The maximum absolute atomic E-state index is 10.6. The summed E-state index contributed by atoms with van der Waals surface area (Å²) in [6, 6.07) is 4.15. The number of methoxy groups -OCH3 is 1. The molecule has 1 rings (SSSR count). The number of carboxylic acid groups (broad SMARTS) is 1. The molecule has 0 amide bonds. The highest BCUT2D eigenvalue weighted by Gasteiger charge is 2.17. The summed E-state index contributed by atoms with van der Waals surface area (Å²) in [5.41, 5.74) is 6.05. The van der Waals surface area contributed by atoms with Gasteiger partial charge in [0.1, 0.15) is 11.8 Å². The summed E-state index contributed by atoms with van der Waals surface area (Å²) in [6.07, 6.45) is 0.151. The van der Waals surface area contributed by atoms with Crippen molar-refractivity contribution in [2.45, 2.75) is 12.5 Å². The fraction of sp³-hybridized carbons (Fsp3) is 0.300. The maximum atomic E-state index is 10.6. The average molecular weight is 230 g/mol. The zero-order valence-corrected chi connectivity index (χ0v) is 8.99. The van der Waals surface area contributed by atoms with Crippen LogP contribution in [-0.4, -0.2) is 24.2 Å². The molecule has 0 spiro atoms. The van der Waals surface area contributed by atoms with E-state index in [4.69, 9.17) is 27.2 Å². The van der Waals surface area contributed by atoms with Crippen molar-refractivity contribution in [3.05, 3.63) is 28.8 Å². The van der Waals surface area contributed by atoms with Crippen molar-refractivity contribution in [1.29, 1.82) is 0 Å². The van der Waals surface area contributed by atoms with Gasteiger partial charge in [0, 0.05) is 17.0 Å². The molecule has 1 atom stereocenters. The maximum Gasteiger partial charge on any atom is 0.320 e. The number of carbonyl (C=O) groups is 1. The second-order valence-corrected chi connectivity index (χ2v) is 3.48. The zero-order valence-electron chi connectivity index (χ0n) is 8.24. The molecular weight excluding hydrogens is 218 g/mol. The molecule has 0 saturated carbocycles. The molecule has 15 heavy (non-hydrogen) atoms. The summed E-state index contributed by atoms with van der Waals surface area (Å²) in [6.45, 7) is 0. The minimum Gasteiger partial charge on any atom is -0.496 e. The van der Waals surface area contributed by atoms with Crippen molar-refractivity contribution in [2.75, 3.05) is 7.11 Å². The van der Waals surface area contributed by atoms with Gasteiger partial charge in [0.05, 0.1) is 7.11 Å². The predicted octanol–water partition coefficient (Wildman–Crippen LogP) is 1.30. The number of rotatable bonds is 4. The second kappa shape index (κ2) is 5.00. The number of carboxylic acids is 1. The number of hydrogen-bond donors (Lipinski definition) is 2. The van der Waals surface area contributed by atoms with E-state index in [-0.39, 0.29) is 6.42 Å². The molecule has 0 fully saturated rings. The predicted molar refractivity (Wildman–Crippen MR) is 57.3 cm³/mol. The second-order valence-electron chi connectivity index (χ2n) is 3.07. The molecule has 0 aromatic heterocycles. The Balaban J connectivity index is 2.97. The van der Waals surface area contributed by atoms with Crippen LogP contribution < -0.4 is 10.5 Å². The lowest BCUT2D eigenvalue weighted by Crippen LogP contribution is -2.32. The van der Waals surface area contributed by atoms with Gasteiger partial charge >= 0.3 is 5.97 Å². The van der Waals surface area contributed by atoms with Gasteiger partial charge in [0.15, 0.2) is 0 Å². The van der Waals surface area contributed by atoms with Gasteiger partial charge in [-0.2, -0.15) is 0 Å². The first-order chi connectivity index (χ1) is 7.06. The van der Waals surface area contributed by atoms with Crippen LogP contribution in [0.1, 0.15) is 5.56 Å². The minimum absolute atomic E-state index is 0.151. The van der Waals surface area contributed by atoms with Crippen molar-refractivity contribution in [3.8, 4) is 5.75 Å². The molecule has 0 aliphatic carbocycles. The highest BCUT2D eigenvalue weighted by Crippen LogP contribution is 2.27. The highest BCUT2D eigenvalue weighted by molar-refractivity contribution is 6.31. The molecule has 0 aliphatic heterocycles. The lowest BCUT2D eigenvalue weighted by Gasteiger charge is -2.12. The molecule has 1 aromatic carbocycles. The van der Waals surface area contributed by atoms with Gasteiger partial charge in [0.2, 0.25) is 0 Å². The quantitative estimate of drug-likeness (QED) is 0.817. The number of aliphatic carboxylic acids is 1. The number of ether oxygens (including phenoxy) is 1. The third-order valence-electron chi connectivity index (χ3n) is 2.04. The van der Waals surface area contributed by atoms with Crippen LogP contribution in [0.25, 0.3) is 0 Å². The number of benzene rings is 1. The lowest BCUT2D eigenvalue weighted by atomic mass is 10.1. The summed E-state index contributed by atoms with van der Waals surface area (Å²) in [5, 5.41) is 9.15. The Morgan fingerprint density at radius 1 is 1.67 bits per heavy atom. The van der Waals surface area contributed by atoms with Crippen molar-refractivity contribution in [2.24, 2.45) is 5.73 Å². The Morgan fingerprint density at radius 2 is 2.33 bits per heavy atom. The Morgan fingerprint density at radius 3 is 2.87 bits per heavy atom. The van der Waals surface area contributed by atoms with E-state index in [1.165, 1.54) is 7.11 Å². The molecule has 3 N–H and O–H groups in total. The van der Waals surface area contributed by atoms with E-state index in [9.17, 15) is 4.79 Å². The van der Waals surface area contributed by atoms with Crippen molar-refractivity contribution in [3.63, 3.8) is 0 Å². The van der Waals surface area contributed by atoms with E-state index < -0.39 is 12.0 Å². The van der Waals surface area contributed by atoms with Gasteiger partial charge < -0.3 is 15.6 Å². The smallest absolute Gasteiger partial charge is 0.320 e. The van der Waals surface area contributed by atoms with Crippen molar-refractivity contribution >= 4 is 17.6 Å². The molecule has 1 aromatic rings. The van der Waals surface area contributed by atoms with Gasteiger partial charge in [-0.05, 0) is 12.1 Å². The fourth-order valence-electron chi connectivity index (χ4n) is 1.24. The van der Waals surface area contributed by atoms with Crippen LogP contribution in [0.4, 0.5) is 0 Å². The topological polar surface area (TPSA) is 72.5 Å². The molecule has 4 nitrogen and oxygen atoms in total. The van der Waals surface area contributed by atoms with Crippen molar-refractivity contribution < 1.29 is 14.6 Å². The first-order valence-electron chi connectivity index (χ1n) is 4.36. The molecular formula is C10H12ClNO3. The van der Waals surface area contributed by atoms with Gasteiger partial charge in [-0.1, -0.05) is 17.7 Å². The fourth-order valence-corrected chi connectivity index (χ4v) is 1.48. The van der Waals surface area contributed by atoms with Gasteiger partial charge in [-0.25, -0.2) is 0 Å². The first-order valence-corrected chi connectivity index (χ1v) is 4.73. The van der Waals surface area contributed by atoms with E-state index in [0.717, 1.165) is 0 Å². The molecule has 82 valence electrons. The Labute approximate surface area is 92.6 Å². The number of halogens is 1. The molecule has 0 saturated heterocycles. The summed E-state index contributed by atoms with van der Waals surface area (Å²) < 4.78 is 5.07. The number of nitrogens with two attached hydrogens (primary N) is 1. The van der Waals surface area contributed by atoms with Crippen LogP contribution in [0.15, 0.2) is 18.2 Å². The van der Waals surface area contributed by atoms with E-state index in [0.29, 0.717) is 16.3 Å². The molecule has 0 aliphatic rings. The number of hydrogen-bond acceptors (Lipinski definition) is 3. The molecule has 0 bridgehead atoms. The van der Waals surface area contributed by atoms with Gasteiger partial charge in [-0.3, -0.25) is 4.79 Å². The van der Waals surface area contributed by atoms with E-state index in [1.807, 2.05) is 0 Å². The summed E-state index contributed by atoms with van der Waals surface area (Å²) in [5.74, 6) is -0.504. The first kappa shape index (κ1) is 11.8. The summed E-state index contributed by atoms with van der Waals surface area (Å²) >= 11 is 5.93. The highest BCUT2D eigenvalue weighted by atomic mass is 35.5. The van der Waals surface area contributed by atoms with Crippen LogP contribution >= 0.6 is 11.6 Å². The third-order valence-corrected chi connectivity index (χ3v) is 2.39. The summed E-state index contributed by atoms with van der Waals surface area (Å²) in [7, 11) is 1.50. The van der Waals surface area contributed by atoms with E-state index >= 15 is 0 Å². The standard InChI is InChI=1S/C10H12ClNO3/c1-15-9-4-2-3-7(11)6(9)5-8(12)10(13)14/h2-4,8H,5,12H2,1H3,(H,13,14). The molecule has 0 radical (unpaired) electrons. The van der Waals surface area contributed by atoms with Gasteiger partial charge in [-0.15, -0.1) is 0 Å². The Bertz CT molecular complexity index is 368. The van der Waals surface area contributed by atoms with Crippen LogP contribution in [0.2, 0.25) is 5.02 Å². The van der Waals surface area contributed by atoms with Crippen LogP contribution in [0.3, 0.4) is 0 Å². The lowest BCUT2D eigenvalue weighted by molar-refractivity contribution is -0.138. The SMILES string of the molecule is COc1cccc(Cl)c1CC(N)C(=O)O. The Kier molecular flexibility index (Phi) is 3.94. The normalized spacial score (nSPS) is 12.2. The van der Waals surface area contributed by atoms with Gasteiger partial charge in [0.25, 0.3) is 0 Å². The van der Waals surface area contributed by atoms with Crippen LogP contribution in [-0.2, 0) is 11.2 Å². The van der Waals surface area contributed by atoms with E-state index in [2.05, 4.69) is 0 Å². The molecule has 5 heteroatoms. The Hall–Kier alpha value is -1.26. The molecule has 1 unspecified atom stereocenters. The largest absolute Gasteiger partial charge is 0.496 e. The third kappa shape index (κ3) is 2.84. The minimum atomic E-state index is -1.06. The van der Waals surface area contributed by atoms with Crippen molar-refractivity contribution in [1.82, 2.24) is 0 Å². The average Bonchev–Trinajstić information content (AvgIpc) is 2.20. The monoisotopic (exact) mass is 229 g/mol. The van der Waals surface area contributed by atoms with Crippen LogP contribution in [0, 0.1) is 0 Å². The summed E-state index contributed by atoms with van der Waals surface area (Å²) in [4.78, 5) is 10.6. The zero-order chi connectivity index (χ0) is 11.4. The van der Waals surface area contributed by atoms with E-state index in [1.54, 1.807) is 18.2 Å².